The van der Waals surface area contributed by atoms with Gasteiger partial charge in [0, 0.05) is 6.42 Å². The molecular formula is C69H121N2O6P. The van der Waals surface area contributed by atoms with Gasteiger partial charge in [-0.15, -0.1) is 0 Å². The number of unbranched alkanes of at least 4 members (excludes halogenated alkanes) is 26. The molecule has 0 fully saturated rings. The third kappa shape index (κ3) is 60.5. The van der Waals surface area contributed by atoms with Gasteiger partial charge in [0.15, 0.2) is 0 Å². The minimum atomic E-state index is -4.61. The van der Waals surface area contributed by atoms with Crippen molar-refractivity contribution in [3.8, 4) is 0 Å². The van der Waals surface area contributed by atoms with Gasteiger partial charge in [-0.2, -0.15) is 0 Å². The fraction of sp³-hybridized carbons (Fsp3) is 0.696. The molecule has 2 N–H and O–H groups in total. The lowest BCUT2D eigenvalue weighted by Gasteiger charge is -2.29. The van der Waals surface area contributed by atoms with Gasteiger partial charge in [-0.05, 0) is 89.9 Å². The van der Waals surface area contributed by atoms with E-state index in [1.807, 2.05) is 27.2 Å². The van der Waals surface area contributed by atoms with Gasteiger partial charge >= 0.3 is 0 Å². The van der Waals surface area contributed by atoms with Gasteiger partial charge in [-0.1, -0.05) is 283 Å². The van der Waals surface area contributed by atoms with E-state index < -0.39 is 26.6 Å². The molecule has 0 bridgehead atoms. The second-order valence-corrected chi connectivity index (χ2v) is 23.8. The molecule has 0 aromatic heterocycles. The van der Waals surface area contributed by atoms with Crippen molar-refractivity contribution in [3.63, 3.8) is 0 Å². The third-order valence-electron chi connectivity index (χ3n) is 13.7. The number of amides is 1. The maximum atomic E-state index is 13.0. The molecule has 3 unspecified atom stereocenters. The molecule has 0 rings (SSSR count). The zero-order valence-electron chi connectivity index (χ0n) is 51.1. The standard InChI is InChI=1S/C69H121N2O6P/c1-6-8-10-12-14-16-18-20-22-24-26-28-29-30-31-32-33-34-35-36-37-38-39-40-41-43-45-47-49-51-53-55-57-59-61-63-69(73)70-67(66-77-78(74,75)76-65-64-71(3,4)5)68(72)62-60-58-56-54-52-50-48-46-44-42-27-25-23-21-19-17-15-13-11-9-7-2/h8,10,14,16,20,22,26,28,30-31,33-34,36-37,39-40,43,45,60,62,67-68,72H,6-7,9,11-13,15,17-19,21,23-25,27,29,32,35,38,41-42,44,46-59,61,63-66H2,1-5H3,(H-,70,73,74,75)/b10-8-,16-14-,22-20-,28-26-,31-30-,34-33-,37-36-,40-39-,45-43-,62-60+. The molecule has 9 heteroatoms. The summed E-state index contributed by atoms with van der Waals surface area (Å²) in [7, 11) is 1.24. The normalized spacial score (nSPS) is 14.6. The molecule has 78 heavy (non-hydrogen) atoms. The second kappa shape index (κ2) is 58.6. The molecule has 1 amide bonds. The number of allylic oxidation sites excluding steroid dienone is 19. The maximum Gasteiger partial charge on any atom is 0.268 e. The van der Waals surface area contributed by atoms with Crippen LogP contribution in [0.25, 0.3) is 0 Å². The molecule has 3 atom stereocenters. The molecule has 448 valence electrons. The number of phosphoric ester groups is 1. The molecule has 0 aliphatic carbocycles. The number of rotatable bonds is 57. The highest BCUT2D eigenvalue weighted by Gasteiger charge is 2.23. The first-order valence-corrected chi connectivity index (χ1v) is 33.4. The van der Waals surface area contributed by atoms with Crippen molar-refractivity contribution < 1.29 is 32.9 Å². The summed E-state index contributed by atoms with van der Waals surface area (Å²) in [5, 5.41) is 13.9. The Balaban J connectivity index is 4.21. The van der Waals surface area contributed by atoms with Crippen molar-refractivity contribution in [1.29, 1.82) is 0 Å². The monoisotopic (exact) mass is 1100 g/mol. The molecule has 0 spiro atoms. The van der Waals surface area contributed by atoms with E-state index >= 15 is 0 Å². The van der Waals surface area contributed by atoms with Crippen molar-refractivity contribution >= 4 is 13.7 Å². The van der Waals surface area contributed by atoms with Crippen LogP contribution in [0.1, 0.15) is 258 Å². The van der Waals surface area contributed by atoms with Gasteiger partial charge in [-0.25, -0.2) is 0 Å². The Morgan fingerprint density at radius 3 is 1.14 bits per heavy atom. The first-order chi connectivity index (χ1) is 38.0. The number of nitrogens with one attached hydrogen (secondary N) is 1. The van der Waals surface area contributed by atoms with Crippen LogP contribution in [0.15, 0.2) is 122 Å². The molecule has 0 saturated carbocycles. The Labute approximate surface area is 482 Å². The average Bonchev–Trinajstić information content (AvgIpc) is 3.41. The Morgan fingerprint density at radius 2 is 0.782 bits per heavy atom. The zero-order chi connectivity index (χ0) is 57.0. The van der Waals surface area contributed by atoms with Crippen LogP contribution in [-0.4, -0.2) is 68.5 Å². The smallest absolute Gasteiger partial charge is 0.268 e. The Morgan fingerprint density at radius 1 is 0.462 bits per heavy atom. The SMILES string of the molecule is CC/C=C\C/C=C\C/C=C\C/C=C\C/C=C\C/C=C\C/C=C\C/C=C\C/C=C\CCCCCCCCCC(=O)NC(COP(=O)([O-])OCC[N+](C)(C)C)C(O)/C=C/CCCCCCCCCCCCCCCCCCCCC. The second-order valence-electron chi connectivity index (χ2n) is 22.4. The maximum absolute atomic E-state index is 13.0. The predicted octanol–water partition coefficient (Wildman–Crippen LogP) is 19.5. The van der Waals surface area contributed by atoms with E-state index in [1.165, 1.54) is 128 Å². The van der Waals surface area contributed by atoms with E-state index in [0.717, 1.165) is 109 Å². The number of carbonyl (C=O) groups is 1. The highest BCUT2D eigenvalue weighted by molar-refractivity contribution is 7.45. The molecule has 0 aliphatic heterocycles. The van der Waals surface area contributed by atoms with Crippen LogP contribution in [0.4, 0.5) is 0 Å². The van der Waals surface area contributed by atoms with Crippen molar-refractivity contribution in [2.75, 3.05) is 40.9 Å². The van der Waals surface area contributed by atoms with Gasteiger partial charge in [0.2, 0.25) is 5.91 Å². The number of carbonyl (C=O) groups excluding carboxylic acids is 1. The fourth-order valence-corrected chi connectivity index (χ4v) is 9.46. The number of aliphatic hydroxyl groups excluding tert-OH is 1. The lowest BCUT2D eigenvalue weighted by Crippen LogP contribution is -2.45. The number of nitrogens with zero attached hydrogens (tertiary/aromatic N) is 1. The van der Waals surface area contributed by atoms with E-state index in [2.05, 4.69) is 129 Å². The van der Waals surface area contributed by atoms with Crippen molar-refractivity contribution in [1.82, 2.24) is 5.32 Å². The molecule has 0 aliphatic rings. The van der Waals surface area contributed by atoms with Crippen LogP contribution in [-0.2, 0) is 18.4 Å². The van der Waals surface area contributed by atoms with Crippen LogP contribution < -0.4 is 10.2 Å². The van der Waals surface area contributed by atoms with Crippen molar-refractivity contribution in [2.45, 2.75) is 270 Å². The number of likely N-dealkylation sites (N-methyl/N-ethyl adjacent to an activating group) is 1. The van der Waals surface area contributed by atoms with Gasteiger partial charge in [0.1, 0.15) is 13.2 Å². The molecular weight excluding hydrogens is 984 g/mol. The summed E-state index contributed by atoms with van der Waals surface area (Å²) in [4.78, 5) is 25.6. The summed E-state index contributed by atoms with van der Waals surface area (Å²) >= 11 is 0. The van der Waals surface area contributed by atoms with Gasteiger partial charge in [0.25, 0.3) is 7.82 Å². The first-order valence-electron chi connectivity index (χ1n) is 31.9. The van der Waals surface area contributed by atoms with Crippen LogP contribution in [0.2, 0.25) is 0 Å². The summed E-state index contributed by atoms with van der Waals surface area (Å²) in [5.74, 6) is -0.212. The lowest BCUT2D eigenvalue weighted by atomic mass is 10.0. The van der Waals surface area contributed by atoms with E-state index in [0.29, 0.717) is 17.4 Å². The third-order valence-corrected chi connectivity index (χ3v) is 14.6. The van der Waals surface area contributed by atoms with Crippen molar-refractivity contribution in [2.24, 2.45) is 0 Å². The van der Waals surface area contributed by atoms with E-state index in [1.54, 1.807) is 6.08 Å². The Bertz CT molecular complexity index is 1680. The lowest BCUT2D eigenvalue weighted by molar-refractivity contribution is -0.870. The minimum absolute atomic E-state index is 0.00907. The van der Waals surface area contributed by atoms with Gasteiger partial charge in [-0.3, -0.25) is 9.36 Å². The summed E-state index contributed by atoms with van der Waals surface area (Å²) < 4.78 is 23.4. The fourth-order valence-electron chi connectivity index (χ4n) is 8.73. The number of hydrogen-bond acceptors (Lipinski definition) is 6. The Kier molecular flexibility index (Phi) is 56.2. The van der Waals surface area contributed by atoms with Crippen LogP contribution in [0.5, 0.6) is 0 Å². The number of phosphoric acid groups is 1. The predicted molar refractivity (Wildman–Crippen MR) is 339 cm³/mol. The van der Waals surface area contributed by atoms with Gasteiger partial charge < -0.3 is 28.8 Å². The molecule has 0 aromatic carbocycles. The molecule has 0 heterocycles. The minimum Gasteiger partial charge on any atom is -0.756 e. The molecule has 0 saturated heterocycles. The van der Waals surface area contributed by atoms with E-state index in [-0.39, 0.29) is 12.5 Å². The molecule has 0 radical (unpaired) electrons. The first kappa shape index (κ1) is 74.9. The Hall–Kier alpha value is -3.10. The largest absolute Gasteiger partial charge is 0.756 e. The number of aliphatic hydroxyl groups is 1. The van der Waals surface area contributed by atoms with Crippen LogP contribution in [0.3, 0.4) is 0 Å². The summed E-state index contributed by atoms with van der Waals surface area (Å²) in [6.07, 6.45) is 87.1. The summed E-state index contributed by atoms with van der Waals surface area (Å²) in [5.41, 5.74) is 0. The molecule has 8 nitrogen and oxygen atoms in total. The summed E-state index contributed by atoms with van der Waals surface area (Å²) in [6, 6.07) is -0.902. The highest BCUT2D eigenvalue weighted by Crippen LogP contribution is 2.38. The van der Waals surface area contributed by atoms with E-state index in [4.69, 9.17) is 9.05 Å². The van der Waals surface area contributed by atoms with E-state index in [9.17, 15) is 19.4 Å². The topological polar surface area (TPSA) is 108 Å². The quantitative estimate of drug-likeness (QED) is 0.0272. The van der Waals surface area contributed by atoms with Crippen LogP contribution in [0, 0.1) is 0 Å². The van der Waals surface area contributed by atoms with Gasteiger partial charge in [0.05, 0.1) is 39.9 Å². The average molecular weight is 1110 g/mol. The summed E-state index contributed by atoms with van der Waals surface area (Å²) in [6.45, 7) is 4.53. The molecule has 0 aromatic rings. The van der Waals surface area contributed by atoms with Crippen molar-refractivity contribution in [3.05, 3.63) is 122 Å². The number of hydrogen-bond donors (Lipinski definition) is 2. The van der Waals surface area contributed by atoms with Crippen LogP contribution >= 0.6 is 7.82 Å². The number of quaternary nitrogens is 1. The zero-order valence-corrected chi connectivity index (χ0v) is 52.0. The highest BCUT2D eigenvalue weighted by atomic mass is 31.2.